The minimum Gasteiger partial charge on any atom is -0.347 e. The van der Waals surface area contributed by atoms with Gasteiger partial charge in [-0.15, -0.1) is 0 Å². The zero-order valence-corrected chi connectivity index (χ0v) is 11.1. The van der Waals surface area contributed by atoms with Crippen molar-refractivity contribution < 1.29 is 27.3 Å². The van der Waals surface area contributed by atoms with E-state index in [1.165, 1.54) is 0 Å². The average molecular weight is 306 g/mol. The Kier molecular flexibility index (Phi) is 4.14. The molecule has 10 heteroatoms. The van der Waals surface area contributed by atoms with E-state index in [-0.39, 0.29) is 25.4 Å². The lowest BCUT2D eigenvalue weighted by Crippen LogP contribution is -2.37. The molecule has 0 saturated carbocycles. The second kappa shape index (κ2) is 5.70. The molecule has 0 aliphatic carbocycles. The summed E-state index contributed by atoms with van der Waals surface area (Å²) in [7, 11) is 0. The molecule has 1 aliphatic rings. The quantitative estimate of drug-likeness (QED) is 0.870. The normalized spacial score (nSPS) is 19.1. The Balaban J connectivity index is 1.85. The third-order valence-corrected chi connectivity index (χ3v) is 2.94. The topological polar surface area (TPSA) is 88.3 Å². The first-order chi connectivity index (χ1) is 9.74. The molecular formula is C11H13F3N4O3. The summed E-state index contributed by atoms with van der Waals surface area (Å²) in [5.41, 5.74) is 0. The number of amides is 2. The molecule has 21 heavy (non-hydrogen) atoms. The summed E-state index contributed by atoms with van der Waals surface area (Å²) < 4.78 is 41.6. The first-order valence-corrected chi connectivity index (χ1v) is 6.16. The van der Waals surface area contributed by atoms with Gasteiger partial charge >= 0.3 is 6.18 Å². The van der Waals surface area contributed by atoms with Crippen LogP contribution in [0.3, 0.4) is 0 Å². The lowest BCUT2D eigenvalue weighted by molar-refractivity contribution is -0.157. The molecule has 1 atom stereocenters. The van der Waals surface area contributed by atoms with Crippen molar-refractivity contribution >= 4 is 11.8 Å². The van der Waals surface area contributed by atoms with E-state index < -0.39 is 30.5 Å². The maximum atomic E-state index is 12.3. The number of aryl methyl sites for hydroxylation is 1. The highest BCUT2D eigenvalue weighted by atomic mass is 19.4. The molecule has 2 heterocycles. The van der Waals surface area contributed by atoms with Gasteiger partial charge in [0.15, 0.2) is 5.82 Å². The first kappa shape index (κ1) is 15.3. The minimum absolute atomic E-state index is 0.0242. The second-order valence-corrected chi connectivity index (χ2v) is 4.74. The van der Waals surface area contributed by atoms with Gasteiger partial charge in [0.05, 0.1) is 12.5 Å². The van der Waals surface area contributed by atoms with Gasteiger partial charge < -0.3 is 14.7 Å². The van der Waals surface area contributed by atoms with Crippen molar-refractivity contribution in [3.63, 3.8) is 0 Å². The summed E-state index contributed by atoms with van der Waals surface area (Å²) in [4.78, 5) is 27.8. The number of aromatic nitrogens is 2. The van der Waals surface area contributed by atoms with Crippen molar-refractivity contribution in [1.82, 2.24) is 20.4 Å². The molecule has 1 aromatic rings. The molecular weight excluding hydrogens is 293 g/mol. The van der Waals surface area contributed by atoms with E-state index in [1.54, 1.807) is 6.92 Å². The van der Waals surface area contributed by atoms with E-state index in [4.69, 9.17) is 4.52 Å². The highest BCUT2D eigenvalue weighted by molar-refractivity contribution is 5.89. The molecule has 1 saturated heterocycles. The van der Waals surface area contributed by atoms with Gasteiger partial charge in [-0.25, -0.2) is 0 Å². The summed E-state index contributed by atoms with van der Waals surface area (Å²) >= 11 is 0. The molecule has 2 rings (SSSR count). The number of halogens is 3. The minimum atomic E-state index is -4.47. The third kappa shape index (κ3) is 4.17. The molecule has 7 nitrogen and oxygen atoms in total. The van der Waals surface area contributed by atoms with E-state index >= 15 is 0 Å². The van der Waals surface area contributed by atoms with E-state index in [1.807, 2.05) is 0 Å². The lowest BCUT2D eigenvalue weighted by atomic mass is 10.1. The summed E-state index contributed by atoms with van der Waals surface area (Å²) in [6, 6.07) is 0. The molecule has 1 fully saturated rings. The van der Waals surface area contributed by atoms with E-state index in [2.05, 4.69) is 15.5 Å². The van der Waals surface area contributed by atoms with Gasteiger partial charge in [0.2, 0.25) is 17.7 Å². The second-order valence-electron chi connectivity index (χ2n) is 4.74. The SMILES string of the molecule is Cc1noc(CNC(=O)C2CC(=O)N(CC(F)(F)F)C2)n1. The highest BCUT2D eigenvalue weighted by Gasteiger charge is 2.40. The molecule has 116 valence electrons. The lowest BCUT2D eigenvalue weighted by Gasteiger charge is -2.18. The average Bonchev–Trinajstić information content (AvgIpc) is 2.92. The number of nitrogens with one attached hydrogen (secondary N) is 1. The van der Waals surface area contributed by atoms with Crippen LogP contribution in [0.1, 0.15) is 18.1 Å². The standard InChI is InChI=1S/C11H13F3N4O3/c1-6-16-8(21-17-6)3-15-10(20)7-2-9(19)18(4-7)5-11(12,13)14/h7H,2-5H2,1H3,(H,15,20). The van der Waals surface area contributed by atoms with Crippen molar-refractivity contribution in [2.24, 2.45) is 5.92 Å². The molecule has 0 bridgehead atoms. The van der Waals surface area contributed by atoms with Crippen molar-refractivity contribution in [2.75, 3.05) is 13.1 Å². The Morgan fingerprint density at radius 3 is 2.81 bits per heavy atom. The van der Waals surface area contributed by atoms with Gasteiger partial charge in [-0.05, 0) is 6.92 Å². The Labute approximate surface area is 117 Å². The predicted molar refractivity (Wildman–Crippen MR) is 61.6 cm³/mol. The third-order valence-electron chi connectivity index (χ3n) is 2.94. The van der Waals surface area contributed by atoms with E-state index in [9.17, 15) is 22.8 Å². The Morgan fingerprint density at radius 2 is 2.24 bits per heavy atom. The fourth-order valence-electron chi connectivity index (χ4n) is 2.04. The predicted octanol–water partition coefficient (Wildman–Crippen LogP) is 0.405. The van der Waals surface area contributed by atoms with Crippen LogP contribution >= 0.6 is 0 Å². The Bertz CT molecular complexity index is 543. The number of carbonyl (C=O) groups excluding carboxylic acids is 2. The number of hydrogen-bond acceptors (Lipinski definition) is 5. The molecule has 0 aromatic carbocycles. The highest BCUT2D eigenvalue weighted by Crippen LogP contribution is 2.23. The van der Waals surface area contributed by atoms with Crippen LogP contribution in [0.4, 0.5) is 13.2 Å². The van der Waals surface area contributed by atoms with Crippen LogP contribution in [0.15, 0.2) is 4.52 Å². The van der Waals surface area contributed by atoms with Gasteiger partial charge in [0, 0.05) is 13.0 Å². The molecule has 1 aromatic heterocycles. The fraction of sp³-hybridized carbons (Fsp3) is 0.636. The monoisotopic (exact) mass is 306 g/mol. The summed E-state index contributed by atoms with van der Waals surface area (Å²) in [5, 5.41) is 5.99. The van der Waals surface area contributed by atoms with Crippen molar-refractivity contribution in [1.29, 1.82) is 0 Å². The largest absolute Gasteiger partial charge is 0.406 e. The molecule has 1 unspecified atom stereocenters. The Morgan fingerprint density at radius 1 is 1.52 bits per heavy atom. The molecule has 2 amide bonds. The van der Waals surface area contributed by atoms with Crippen molar-refractivity contribution in [3.8, 4) is 0 Å². The number of nitrogens with zero attached hydrogens (tertiary/aromatic N) is 3. The van der Waals surface area contributed by atoms with Crippen LogP contribution in [0, 0.1) is 12.8 Å². The van der Waals surface area contributed by atoms with Gasteiger partial charge in [-0.2, -0.15) is 18.2 Å². The van der Waals surface area contributed by atoms with Crippen LogP contribution in [0.5, 0.6) is 0 Å². The van der Waals surface area contributed by atoms with Crippen LogP contribution < -0.4 is 5.32 Å². The molecule has 1 aliphatic heterocycles. The molecule has 1 N–H and O–H groups in total. The number of rotatable bonds is 4. The zero-order chi connectivity index (χ0) is 15.6. The first-order valence-electron chi connectivity index (χ1n) is 6.16. The Hall–Kier alpha value is -2.13. The number of carbonyl (C=O) groups is 2. The van der Waals surface area contributed by atoms with E-state index in [0.29, 0.717) is 10.7 Å². The van der Waals surface area contributed by atoms with Crippen LogP contribution in [-0.2, 0) is 16.1 Å². The smallest absolute Gasteiger partial charge is 0.347 e. The van der Waals surface area contributed by atoms with Crippen molar-refractivity contribution in [2.45, 2.75) is 26.1 Å². The molecule has 0 spiro atoms. The van der Waals surface area contributed by atoms with Gasteiger partial charge in [0.25, 0.3) is 0 Å². The van der Waals surface area contributed by atoms with Crippen molar-refractivity contribution in [3.05, 3.63) is 11.7 Å². The number of alkyl halides is 3. The van der Waals surface area contributed by atoms with Crippen LogP contribution in [-0.4, -0.2) is 46.1 Å². The maximum Gasteiger partial charge on any atom is 0.406 e. The summed E-state index contributed by atoms with van der Waals surface area (Å²) in [6.45, 7) is 0.00854. The fourth-order valence-corrected chi connectivity index (χ4v) is 2.04. The summed E-state index contributed by atoms with van der Waals surface area (Å²) in [5.74, 6) is -1.39. The number of likely N-dealkylation sites (tertiary alicyclic amines) is 1. The zero-order valence-electron chi connectivity index (χ0n) is 11.1. The van der Waals surface area contributed by atoms with Gasteiger partial charge in [0.1, 0.15) is 6.54 Å². The summed E-state index contributed by atoms with van der Waals surface area (Å²) in [6.07, 6.45) is -4.70. The van der Waals surface area contributed by atoms with Crippen LogP contribution in [0.25, 0.3) is 0 Å². The van der Waals surface area contributed by atoms with Gasteiger partial charge in [-0.3, -0.25) is 9.59 Å². The van der Waals surface area contributed by atoms with Crippen LogP contribution in [0.2, 0.25) is 0 Å². The number of hydrogen-bond donors (Lipinski definition) is 1. The maximum absolute atomic E-state index is 12.3. The van der Waals surface area contributed by atoms with Gasteiger partial charge in [-0.1, -0.05) is 5.16 Å². The van der Waals surface area contributed by atoms with E-state index in [0.717, 1.165) is 0 Å². The molecule has 0 radical (unpaired) electrons.